The second-order valence-electron chi connectivity index (χ2n) is 9.43. The molecule has 40 heavy (non-hydrogen) atoms. The second-order valence-corrected chi connectivity index (χ2v) is 9.43. The van der Waals surface area contributed by atoms with Crippen LogP contribution in [0.5, 0.6) is 0 Å². The summed E-state index contributed by atoms with van der Waals surface area (Å²) in [6.45, 7) is 2.02. The Morgan fingerprint density at radius 2 is 1.65 bits per heavy atom. The quantitative estimate of drug-likeness (QED) is 0.358. The molecule has 11 nitrogen and oxygen atoms in total. The largest absolute Gasteiger partial charge is 0.338 e. The lowest BCUT2D eigenvalue weighted by Gasteiger charge is -2.34. The highest BCUT2D eigenvalue weighted by Gasteiger charge is 2.25. The minimum atomic E-state index is -0.346. The number of piperazine rings is 1. The zero-order valence-electron chi connectivity index (χ0n) is 21.6. The van der Waals surface area contributed by atoms with Crippen LogP contribution in [0.2, 0.25) is 0 Å². The summed E-state index contributed by atoms with van der Waals surface area (Å²) >= 11 is 0. The molecule has 11 heteroatoms. The molecule has 3 amide bonds. The van der Waals surface area contributed by atoms with E-state index in [0.717, 1.165) is 5.39 Å². The van der Waals surface area contributed by atoms with Crippen LogP contribution in [-0.2, 0) is 11.3 Å². The molecule has 3 aromatic heterocycles. The number of hydrogen-bond acceptors (Lipinski definition) is 6. The molecular formula is C29H26N8O3. The van der Waals surface area contributed by atoms with E-state index in [2.05, 4.69) is 20.5 Å². The fourth-order valence-electron chi connectivity index (χ4n) is 4.67. The van der Waals surface area contributed by atoms with Gasteiger partial charge in [-0.05, 0) is 48.5 Å². The Morgan fingerprint density at radius 1 is 0.850 bits per heavy atom. The van der Waals surface area contributed by atoms with Crippen molar-refractivity contribution in [2.75, 3.05) is 31.5 Å². The summed E-state index contributed by atoms with van der Waals surface area (Å²) in [5, 5.41) is 12.3. The first-order chi connectivity index (χ1) is 19.5. The standard InChI is InChI=1S/C29H26N8O3/c38-27(34-14-16-35(17-15-34)29(40)21-6-2-1-3-7-21)20-36-19-22-18-23(10-11-24(22)33-36)31-28(39)25-8-4-9-26(32-25)37-13-5-12-30-37/h1-13,18-19H,14-17,20H2,(H,31,39). The van der Waals surface area contributed by atoms with E-state index in [1.165, 1.54) is 0 Å². The molecule has 1 saturated heterocycles. The number of fused-ring (bicyclic) bond motifs is 1. The lowest BCUT2D eigenvalue weighted by atomic mass is 10.2. The number of anilines is 1. The number of carbonyl (C=O) groups is 3. The highest BCUT2D eigenvalue weighted by molar-refractivity contribution is 6.04. The smallest absolute Gasteiger partial charge is 0.274 e. The van der Waals surface area contributed by atoms with E-state index in [9.17, 15) is 14.4 Å². The first-order valence-corrected chi connectivity index (χ1v) is 12.9. The van der Waals surface area contributed by atoms with Crippen LogP contribution in [-0.4, -0.2) is 78.2 Å². The normalized spacial score (nSPS) is 13.4. The van der Waals surface area contributed by atoms with Crippen molar-refractivity contribution in [3.8, 4) is 5.82 Å². The van der Waals surface area contributed by atoms with E-state index in [1.807, 2.05) is 24.3 Å². The van der Waals surface area contributed by atoms with Gasteiger partial charge in [0.25, 0.3) is 11.8 Å². The summed E-state index contributed by atoms with van der Waals surface area (Å²) in [6, 6.07) is 21.5. The fourth-order valence-corrected chi connectivity index (χ4v) is 4.67. The molecule has 2 aromatic carbocycles. The van der Waals surface area contributed by atoms with E-state index in [4.69, 9.17) is 0 Å². The van der Waals surface area contributed by atoms with Crippen molar-refractivity contribution in [1.29, 1.82) is 0 Å². The van der Waals surface area contributed by atoms with E-state index in [1.54, 1.807) is 86.3 Å². The molecule has 200 valence electrons. The second kappa shape index (κ2) is 10.8. The summed E-state index contributed by atoms with van der Waals surface area (Å²) in [5.41, 5.74) is 2.22. The van der Waals surface area contributed by atoms with E-state index >= 15 is 0 Å². The van der Waals surface area contributed by atoms with Crippen LogP contribution >= 0.6 is 0 Å². The van der Waals surface area contributed by atoms with Gasteiger partial charge in [0.2, 0.25) is 5.91 Å². The van der Waals surface area contributed by atoms with Crippen LogP contribution in [0.25, 0.3) is 16.7 Å². The number of amides is 3. The average molecular weight is 535 g/mol. The Labute approximate surface area is 229 Å². The van der Waals surface area contributed by atoms with Crippen molar-refractivity contribution in [1.82, 2.24) is 34.3 Å². The molecule has 1 fully saturated rings. The molecule has 0 unspecified atom stereocenters. The molecule has 5 aromatic rings. The molecule has 0 radical (unpaired) electrons. The van der Waals surface area contributed by atoms with Crippen LogP contribution in [0, 0.1) is 0 Å². The van der Waals surface area contributed by atoms with Gasteiger partial charge in [-0.3, -0.25) is 19.1 Å². The maximum Gasteiger partial charge on any atom is 0.274 e. The van der Waals surface area contributed by atoms with Crippen LogP contribution in [0.3, 0.4) is 0 Å². The maximum absolute atomic E-state index is 13.0. The first kappa shape index (κ1) is 25.0. The Bertz CT molecular complexity index is 1670. The van der Waals surface area contributed by atoms with Crippen LogP contribution in [0.15, 0.2) is 91.4 Å². The van der Waals surface area contributed by atoms with E-state index in [0.29, 0.717) is 48.8 Å². The summed E-state index contributed by atoms with van der Waals surface area (Å²) in [7, 11) is 0. The number of pyridine rings is 1. The number of nitrogens with zero attached hydrogens (tertiary/aromatic N) is 7. The van der Waals surface area contributed by atoms with Crippen molar-refractivity contribution in [3.63, 3.8) is 0 Å². The topological polar surface area (TPSA) is 118 Å². The number of benzene rings is 2. The van der Waals surface area contributed by atoms with Gasteiger partial charge in [-0.2, -0.15) is 10.2 Å². The molecule has 4 heterocycles. The molecule has 0 atom stereocenters. The first-order valence-electron chi connectivity index (χ1n) is 12.9. The van der Waals surface area contributed by atoms with Gasteiger partial charge in [0, 0.05) is 61.4 Å². The fraction of sp³-hybridized carbons (Fsp3) is 0.172. The number of aromatic nitrogens is 5. The summed E-state index contributed by atoms with van der Waals surface area (Å²) in [5.74, 6) is 0.121. The van der Waals surface area contributed by atoms with Crippen molar-refractivity contribution in [3.05, 3.63) is 103 Å². The minimum absolute atomic E-state index is 0.0182. The van der Waals surface area contributed by atoms with Crippen molar-refractivity contribution in [2.45, 2.75) is 6.54 Å². The highest BCUT2D eigenvalue weighted by Crippen LogP contribution is 2.19. The molecule has 0 bridgehead atoms. The lowest BCUT2D eigenvalue weighted by molar-refractivity contribution is -0.133. The van der Waals surface area contributed by atoms with Crippen LogP contribution in [0.1, 0.15) is 20.8 Å². The third-order valence-electron chi connectivity index (χ3n) is 6.75. The summed E-state index contributed by atoms with van der Waals surface area (Å²) in [6.07, 6.45) is 5.19. The predicted octanol–water partition coefficient (Wildman–Crippen LogP) is 2.85. The molecule has 0 saturated carbocycles. The zero-order chi connectivity index (χ0) is 27.5. The Balaban J connectivity index is 1.07. The zero-order valence-corrected chi connectivity index (χ0v) is 21.6. The molecular weight excluding hydrogens is 508 g/mol. The van der Waals surface area contributed by atoms with Crippen LogP contribution < -0.4 is 5.32 Å². The Hall–Kier alpha value is -5.32. The summed E-state index contributed by atoms with van der Waals surface area (Å²) < 4.78 is 3.19. The molecule has 1 aliphatic heterocycles. The maximum atomic E-state index is 13.0. The minimum Gasteiger partial charge on any atom is -0.338 e. The van der Waals surface area contributed by atoms with Gasteiger partial charge in [0.15, 0.2) is 5.82 Å². The van der Waals surface area contributed by atoms with Gasteiger partial charge < -0.3 is 15.1 Å². The van der Waals surface area contributed by atoms with Crippen LogP contribution in [0.4, 0.5) is 5.69 Å². The monoisotopic (exact) mass is 534 g/mol. The SMILES string of the molecule is O=C(Nc1ccc2nn(CC(=O)N3CCN(C(=O)c4ccccc4)CC3)cc2c1)c1cccc(-n2cccn2)n1. The number of hydrogen-bond donors (Lipinski definition) is 1. The van der Waals surface area contributed by atoms with Crippen molar-refractivity contribution < 1.29 is 14.4 Å². The molecule has 0 spiro atoms. The number of nitrogens with one attached hydrogen (secondary N) is 1. The molecule has 0 aliphatic carbocycles. The van der Waals surface area contributed by atoms with Gasteiger partial charge in [0.05, 0.1) is 5.52 Å². The average Bonchev–Trinajstić information content (AvgIpc) is 3.67. The third kappa shape index (κ3) is 5.30. The van der Waals surface area contributed by atoms with Gasteiger partial charge in [-0.1, -0.05) is 24.3 Å². The van der Waals surface area contributed by atoms with Gasteiger partial charge in [-0.15, -0.1) is 0 Å². The summed E-state index contributed by atoms with van der Waals surface area (Å²) in [4.78, 5) is 46.4. The third-order valence-corrected chi connectivity index (χ3v) is 6.75. The number of rotatable bonds is 6. The Morgan fingerprint density at radius 3 is 2.42 bits per heavy atom. The lowest BCUT2D eigenvalue weighted by Crippen LogP contribution is -2.51. The van der Waals surface area contributed by atoms with Gasteiger partial charge in [-0.25, -0.2) is 9.67 Å². The molecule has 1 aliphatic rings. The molecule has 6 rings (SSSR count). The van der Waals surface area contributed by atoms with E-state index in [-0.39, 0.29) is 30.0 Å². The van der Waals surface area contributed by atoms with Crippen molar-refractivity contribution in [2.24, 2.45) is 0 Å². The highest BCUT2D eigenvalue weighted by atomic mass is 16.2. The predicted molar refractivity (Wildman–Crippen MR) is 148 cm³/mol. The van der Waals surface area contributed by atoms with Crippen molar-refractivity contribution >= 4 is 34.3 Å². The van der Waals surface area contributed by atoms with Gasteiger partial charge >= 0.3 is 0 Å². The van der Waals surface area contributed by atoms with E-state index < -0.39 is 0 Å². The Kier molecular flexibility index (Phi) is 6.75. The molecule has 1 N–H and O–H groups in total. The number of carbonyl (C=O) groups excluding carboxylic acids is 3. The van der Waals surface area contributed by atoms with Gasteiger partial charge in [0.1, 0.15) is 12.2 Å².